The van der Waals surface area contributed by atoms with Crippen LogP contribution in [0, 0.1) is 12.3 Å². The molecule has 4 nitrogen and oxygen atoms in total. The number of carboxylic acid groups (broad SMARTS) is 1. The van der Waals surface area contributed by atoms with Crippen molar-refractivity contribution in [1.29, 1.82) is 0 Å². The van der Waals surface area contributed by atoms with E-state index in [1.807, 2.05) is 25.1 Å². The standard InChI is InChI=1S/C13H17NO3/c1-9-6-5-7-10(8-9)14(4)11(15)13(2,3)12(16)17/h5-8H,1-4H3,(H,16,17). The van der Waals surface area contributed by atoms with Gasteiger partial charge in [-0.05, 0) is 38.5 Å². The first-order valence-corrected chi connectivity index (χ1v) is 5.35. The number of hydrogen-bond acceptors (Lipinski definition) is 2. The first kappa shape index (κ1) is 13.2. The van der Waals surface area contributed by atoms with Crippen LogP contribution in [0.25, 0.3) is 0 Å². The summed E-state index contributed by atoms with van der Waals surface area (Å²) in [6, 6.07) is 7.38. The number of aliphatic carboxylic acids is 1. The summed E-state index contributed by atoms with van der Waals surface area (Å²) in [6.45, 7) is 4.73. The van der Waals surface area contributed by atoms with Crippen LogP contribution in [0.1, 0.15) is 19.4 Å². The zero-order valence-electron chi connectivity index (χ0n) is 10.5. The Morgan fingerprint density at radius 1 is 1.29 bits per heavy atom. The second-order valence-corrected chi connectivity index (χ2v) is 4.63. The highest BCUT2D eigenvalue weighted by Crippen LogP contribution is 2.23. The Labute approximate surface area is 101 Å². The number of anilines is 1. The van der Waals surface area contributed by atoms with E-state index in [1.54, 1.807) is 13.1 Å². The van der Waals surface area contributed by atoms with E-state index in [0.717, 1.165) is 5.56 Å². The van der Waals surface area contributed by atoms with Gasteiger partial charge in [-0.3, -0.25) is 9.59 Å². The van der Waals surface area contributed by atoms with Gasteiger partial charge in [-0.2, -0.15) is 0 Å². The highest BCUT2D eigenvalue weighted by atomic mass is 16.4. The van der Waals surface area contributed by atoms with E-state index in [4.69, 9.17) is 5.11 Å². The molecule has 0 atom stereocenters. The molecule has 0 aliphatic heterocycles. The normalized spacial score (nSPS) is 11.1. The number of aryl methyl sites for hydroxylation is 1. The fraction of sp³-hybridized carbons (Fsp3) is 0.385. The second-order valence-electron chi connectivity index (χ2n) is 4.63. The lowest BCUT2D eigenvalue weighted by Gasteiger charge is -2.26. The fourth-order valence-electron chi connectivity index (χ4n) is 1.46. The molecule has 0 saturated heterocycles. The van der Waals surface area contributed by atoms with Gasteiger partial charge in [0.05, 0.1) is 0 Å². The molecule has 4 heteroatoms. The van der Waals surface area contributed by atoms with Crippen LogP contribution < -0.4 is 4.90 Å². The largest absolute Gasteiger partial charge is 0.480 e. The number of hydrogen-bond donors (Lipinski definition) is 1. The van der Waals surface area contributed by atoms with Crippen molar-refractivity contribution < 1.29 is 14.7 Å². The van der Waals surface area contributed by atoms with Crippen LogP contribution in [-0.4, -0.2) is 24.0 Å². The minimum absolute atomic E-state index is 0.435. The molecule has 0 fully saturated rings. The van der Waals surface area contributed by atoms with Gasteiger partial charge in [0.25, 0.3) is 0 Å². The molecule has 0 spiro atoms. The molecule has 92 valence electrons. The average Bonchev–Trinajstić information content (AvgIpc) is 2.26. The van der Waals surface area contributed by atoms with Crippen molar-refractivity contribution in [3.05, 3.63) is 29.8 Å². The Morgan fingerprint density at radius 3 is 2.35 bits per heavy atom. The molecule has 1 amide bonds. The van der Waals surface area contributed by atoms with Crippen LogP contribution in [0.3, 0.4) is 0 Å². The molecular formula is C13H17NO3. The van der Waals surface area contributed by atoms with Crippen LogP contribution in [0.15, 0.2) is 24.3 Å². The van der Waals surface area contributed by atoms with Crippen molar-refractivity contribution in [1.82, 2.24) is 0 Å². The van der Waals surface area contributed by atoms with Crippen LogP contribution in [0.5, 0.6) is 0 Å². The van der Waals surface area contributed by atoms with Crippen molar-refractivity contribution in [2.24, 2.45) is 5.41 Å². The maximum atomic E-state index is 12.1. The molecular weight excluding hydrogens is 218 g/mol. The first-order chi connectivity index (χ1) is 7.76. The quantitative estimate of drug-likeness (QED) is 0.816. The number of nitrogens with zero attached hydrogens (tertiary/aromatic N) is 1. The van der Waals surface area contributed by atoms with Crippen LogP contribution >= 0.6 is 0 Å². The van der Waals surface area contributed by atoms with Gasteiger partial charge in [0.2, 0.25) is 5.91 Å². The molecule has 1 aromatic rings. The number of amides is 1. The van der Waals surface area contributed by atoms with Crippen LogP contribution in [0.4, 0.5) is 5.69 Å². The SMILES string of the molecule is Cc1cccc(N(C)C(=O)C(C)(C)C(=O)O)c1. The van der Waals surface area contributed by atoms with Gasteiger partial charge in [0.1, 0.15) is 5.41 Å². The highest BCUT2D eigenvalue weighted by Gasteiger charge is 2.38. The van der Waals surface area contributed by atoms with Gasteiger partial charge in [0.15, 0.2) is 0 Å². The molecule has 0 aliphatic carbocycles. The third-order valence-corrected chi connectivity index (χ3v) is 2.76. The second kappa shape index (κ2) is 4.57. The lowest BCUT2D eigenvalue weighted by Crippen LogP contribution is -2.43. The van der Waals surface area contributed by atoms with E-state index in [1.165, 1.54) is 18.7 Å². The molecule has 0 heterocycles. The van der Waals surface area contributed by atoms with E-state index in [0.29, 0.717) is 5.69 Å². The summed E-state index contributed by atoms with van der Waals surface area (Å²) in [5.41, 5.74) is 0.304. The molecule has 0 bridgehead atoms. The van der Waals surface area contributed by atoms with E-state index in [2.05, 4.69) is 0 Å². The van der Waals surface area contributed by atoms with Gasteiger partial charge < -0.3 is 10.0 Å². The van der Waals surface area contributed by atoms with Crippen molar-refractivity contribution in [2.75, 3.05) is 11.9 Å². The summed E-state index contributed by atoms with van der Waals surface area (Å²) in [6.07, 6.45) is 0. The molecule has 0 radical (unpaired) electrons. The lowest BCUT2D eigenvalue weighted by molar-refractivity contribution is -0.152. The van der Waals surface area contributed by atoms with Crippen LogP contribution in [-0.2, 0) is 9.59 Å². The number of carbonyl (C=O) groups is 2. The number of rotatable bonds is 3. The van der Waals surface area contributed by atoms with Crippen molar-refractivity contribution in [3.63, 3.8) is 0 Å². The van der Waals surface area contributed by atoms with Gasteiger partial charge in [-0.15, -0.1) is 0 Å². The summed E-state index contributed by atoms with van der Waals surface area (Å²) >= 11 is 0. The maximum Gasteiger partial charge on any atom is 0.318 e. The van der Waals surface area contributed by atoms with E-state index in [9.17, 15) is 9.59 Å². The number of benzene rings is 1. The first-order valence-electron chi connectivity index (χ1n) is 5.35. The number of carboxylic acids is 1. The summed E-state index contributed by atoms with van der Waals surface area (Å²) in [5, 5.41) is 9.01. The van der Waals surface area contributed by atoms with E-state index >= 15 is 0 Å². The minimum atomic E-state index is -1.42. The Morgan fingerprint density at radius 2 is 1.88 bits per heavy atom. The van der Waals surface area contributed by atoms with E-state index in [-0.39, 0.29) is 0 Å². The summed E-state index contributed by atoms with van der Waals surface area (Å²) in [4.78, 5) is 24.5. The smallest absolute Gasteiger partial charge is 0.318 e. The molecule has 0 unspecified atom stereocenters. The highest BCUT2D eigenvalue weighted by molar-refractivity contribution is 6.08. The Kier molecular flexibility index (Phi) is 3.56. The van der Waals surface area contributed by atoms with Crippen molar-refractivity contribution in [2.45, 2.75) is 20.8 Å². The van der Waals surface area contributed by atoms with Gasteiger partial charge in [-0.1, -0.05) is 12.1 Å². The zero-order chi connectivity index (χ0) is 13.2. The zero-order valence-corrected chi connectivity index (χ0v) is 10.5. The molecule has 1 N–H and O–H groups in total. The maximum absolute atomic E-state index is 12.1. The predicted octanol–water partition coefficient (Wildman–Crippen LogP) is 2.07. The fourth-order valence-corrected chi connectivity index (χ4v) is 1.46. The van der Waals surface area contributed by atoms with Crippen molar-refractivity contribution in [3.8, 4) is 0 Å². The summed E-state index contributed by atoms with van der Waals surface area (Å²) < 4.78 is 0. The monoisotopic (exact) mass is 235 g/mol. The minimum Gasteiger partial charge on any atom is -0.480 e. The Bertz CT molecular complexity index is 452. The third kappa shape index (κ3) is 2.64. The van der Waals surface area contributed by atoms with Crippen molar-refractivity contribution >= 4 is 17.6 Å². The molecule has 0 saturated carbocycles. The molecule has 1 aromatic carbocycles. The topological polar surface area (TPSA) is 57.6 Å². The predicted molar refractivity (Wildman–Crippen MR) is 66.0 cm³/mol. The number of carbonyl (C=O) groups excluding carboxylic acids is 1. The molecule has 0 aromatic heterocycles. The molecule has 1 rings (SSSR count). The van der Waals surface area contributed by atoms with E-state index < -0.39 is 17.3 Å². The Balaban J connectivity index is 3.02. The van der Waals surface area contributed by atoms with Crippen LogP contribution in [0.2, 0.25) is 0 Å². The summed E-state index contributed by atoms with van der Waals surface area (Å²) in [7, 11) is 1.59. The Hall–Kier alpha value is -1.84. The average molecular weight is 235 g/mol. The van der Waals surface area contributed by atoms with Gasteiger partial charge in [-0.25, -0.2) is 0 Å². The van der Waals surface area contributed by atoms with Gasteiger partial charge >= 0.3 is 5.97 Å². The summed E-state index contributed by atoms with van der Waals surface area (Å²) in [5.74, 6) is -1.56. The lowest BCUT2D eigenvalue weighted by atomic mass is 9.92. The molecule has 0 aliphatic rings. The third-order valence-electron chi connectivity index (χ3n) is 2.76. The van der Waals surface area contributed by atoms with Gasteiger partial charge in [0, 0.05) is 12.7 Å². The molecule has 17 heavy (non-hydrogen) atoms.